The Kier molecular flexibility index (Phi) is 7.75. The monoisotopic (exact) mass is 650 g/mol. The largest absolute Gasteiger partial charge is 0.337 e. The van der Waals surface area contributed by atoms with E-state index in [0.29, 0.717) is 31.7 Å². The molecule has 0 saturated heterocycles. The molecule has 214 valence electrons. The van der Waals surface area contributed by atoms with E-state index in [9.17, 15) is 0 Å². The second-order valence-electron chi connectivity index (χ2n) is 10.1. The average molecular weight is 652 g/mol. The van der Waals surface area contributed by atoms with Crippen molar-refractivity contribution in [2.75, 3.05) is 0 Å². The first-order chi connectivity index (χ1) is 21.5. The van der Waals surface area contributed by atoms with Gasteiger partial charge in [-0.2, -0.15) is 0 Å². The van der Waals surface area contributed by atoms with E-state index in [4.69, 9.17) is 56.4 Å². The summed E-state index contributed by atoms with van der Waals surface area (Å²) < 4.78 is 0. The standard InChI is InChI=1S/C36H22Cl4N4/c37-27-13-5-1-9-23(27)31-32(24-10-2-6-14-28(24)38)42-35(41-31)21-17-19-22(20-18-21)36-43-33(25-11-3-7-15-29(25)39)34(44-36)26-12-4-8-16-30(26)40/h1-20H,(H,41,42)(H,43,44). The molecule has 0 aliphatic heterocycles. The van der Waals surface area contributed by atoms with Crippen LogP contribution in [0, 0.1) is 0 Å². The Labute approximate surface area is 274 Å². The van der Waals surface area contributed by atoms with Crippen LogP contribution in [0.25, 0.3) is 67.8 Å². The molecule has 2 aromatic heterocycles. The first kappa shape index (κ1) is 28.5. The fourth-order valence-electron chi connectivity index (χ4n) is 5.22. The topological polar surface area (TPSA) is 57.4 Å². The van der Waals surface area contributed by atoms with Crippen molar-refractivity contribution >= 4 is 46.4 Å². The number of benzene rings is 5. The van der Waals surface area contributed by atoms with Crippen molar-refractivity contribution in [3.05, 3.63) is 141 Å². The molecular formula is C36H22Cl4N4. The third kappa shape index (κ3) is 5.31. The quantitative estimate of drug-likeness (QED) is 0.188. The third-order valence-corrected chi connectivity index (χ3v) is 8.70. The molecule has 0 aliphatic carbocycles. The number of aromatic amines is 2. The Morgan fingerprint density at radius 3 is 0.977 bits per heavy atom. The molecule has 5 aromatic carbocycles. The van der Waals surface area contributed by atoms with Gasteiger partial charge in [-0.15, -0.1) is 0 Å². The van der Waals surface area contributed by atoms with Gasteiger partial charge in [-0.05, 0) is 24.3 Å². The average Bonchev–Trinajstić information content (AvgIpc) is 3.68. The molecule has 0 saturated carbocycles. The van der Waals surface area contributed by atoms with E-state index in [1.165, 1.54) is 0 Å². The fourth-order valence-corrected chi connectivity index (χ4v) is 6.13. The van der Waals surface area contributed by atoms with E-state index in [-0.39, 0.29) is 0 Å². The third-order valence-electron chi connectivity index (χ3n) is 7.38. The summed E-state index contributed by atoms with van der Waals surface area (Å²) in [5, 5.41) is 2.45. The molecular weight excluding hydrogens is 630 g/mol. The van der Waals surface area contributed by atoms with Gasteiger partial charge in [-0.3, -0.25) is 0 Å². The maximum atomic E-state index is 6.62. The Balaban J connectivity index is 1.31. The predicted octanol–water partition coefficient (Wildman–Crippen LogP) is 11.7. The molecule has 0 aliphatic rings. The lowest BCUT2D eigenvalue weighted by atomic mass is 10.1. The fraction of sp³-hybridized carbons (Fsp3) is 0. The summed E-state index contributed by atoms with van der Waals surface area (Å²) in [6.07, 6.45) is 0. The summed E-state index contributed by atoms with van der Waals surface area (Å²) in [5.74, 6) is 1.38. The minimum atomic E-state index is 0.607. The molecule has 0 bridgehead atoms. The minimum absolute atomic E-state index is 0.607. The van der Waals surface area contributed by atoms with Gasteiger partial charge in [-0.25, -0.2) is 9.97 Å². The van der Waals surface area contributed by atoms with Crippen LogP contribution >= 0.6 is 46.4 Å². The Morgan fingerprint density at radius 2 is 0.659 bits per heavy atom. The van der Waals surface area contributed by atoms with E-state index in [0.717, 1.165) is 56.2 Å². The lowest BCUT2D eigenvalue weighted by Gasteiger charge is -2.06. The van der Waals surface area contributed by atoms with Crippen LogP contribution in [-0.4, -0.2) is 19.9 Å². The van der Waals surface area contributed by atoms with Gasteiger partial charge in [0.25, 0.3) is 0 Å². The molecule has 2 N–H and O–H groups in total. The summed E-state index contributed by atoms with van der Waals surface area (Å²) in [4.78, 5) is 17.0. The first-order valence-corrected chi connectivity index (χ1v) is 15.3. The van der Waals surface area contributed by atoms with Crippen LogP contribution in [0.15, 0.2) is 121 Å². The zero-order chi connectivity index (χ0) is 30.2. The number of imidazole rings is 2. The van der Waals surface area contributed by atoms with E-state index < -0.39 is 0 Å². The Bertz CT molecular complexity index is 1850. The maximum Gasteiger partial charge on any atom is 0.138 e. The van der Waals surface area contributed by atoms with E-state index >= 15 is 0 Å². The van der Waals surface area contributed by atoms with Crippen molar-refractivity contribution in [3.8, 4) is 67.8 Å². The normalized spacial score (nSPS) is 11.2. The Hall–Kier alpha value is -4.32. The van der Waals surface area contributed by atoms with Gasteiger partial charge in [0.2, 0.25) is 0 Å². The maximum absolute atomic E-state index is 6.62. The van der Waals surface area contributed by atoms with Gasteiger partial charge >= 0.3 is 0 Å². The van der Waals surface area contributed by atoms with Crippen molar-refractivity contribution < 1.29 is 0 Å². The molecule has 0 amide bonds. The zero-order valence-corrected chi connectivity index (χ0v) is 26.0. The number of rotatable bonds is 6. The molecule has 0 radical (unpaired) electrons. The second-order valence-corrected chi connectivity index (χ2v) is 11.7. The zero-order valence-electron chi connectivity index (χ0n) is 23.0. The molecule has 0 atom stereocenters. The summed E-state index contributed by atoms with van der Waals surface area (Å²) in [6.45, 7) is 0. The van der Waals surface area contributed by atoms with Crippen molar-refractivity contribution in [1.29, 1.82) is 0 Å². The number of hydrogen-bond donors (Lipinski definition) is 2. The Morgan fingerprint density at radius 1 is 0.364 bits per heavy atom. The molecule has 0 fully saturated rings. The lowest BCUT2D eigenvalue weighted by molar-refractivity contribution is 1.29. The molecule has 44 heavy (non-hydrogen) atoms. The van der Waals surface area contributed by atoms with Gasteiger partial charge in [0.1, 0.15) is 11.6 Å². The van der Waals surface area contributed by atoms with Crippen LogP contribution in [0.4, 0.5) is 0 Å². The summed E-state index contributed by atoms with van der Waals surface area (Å²) >= 11 is 26.5. The number of H-pyrrole nitrogens is 2. The molecule has 7 rings (SSSR count). The molecule has 0 spiro atoms. The van der Waals surface area contributed by atoms with Crippen LogP contribution in [0.3, 0.4) is 0 Å². The van der Waals surface area contributed by atoms with Gasteiger partial charge in [-0.1, -0.05) is 143 Å². The van der Waals surface area contributed by atoms with E-state index in [2.05, 4.69) is 9.97 Å². The van der Waals surface area contributed by atoms with Crippen LogP contribution in [0.2, 0.25) is 20.1 Å². The molecule has 8 heteroatoms. The summed E-state index contributed by atoms with van der Waals surface area (Å²) in [6, 6.07) is 38.7. The highest BCUT2D eigenvalue weighted by atomic mass is 35.5. The van der Waals surface area contributed by atoms with Gasteiger partial charge in [0, 0.05) is 43.4 Å². The van der Waals surface area contributed by atoms with Gasteiger partial charge in [0.05, 0.1) is 32.8 Å². The second kappa shape index (κ2) is 12.0. The highest BCUT2D eigenvalue weighted by molar-refractivity contribution is 6.35. The van der Waals surface area contributed by atoms with Crippen LogP contribution in [0.1, 0.15) is 0 Å². The van der Waals surface area contributed by atoms with Crippen molar-refractivity contribution in [2.45, 2.75) is 0 Å². The van der Waals surface area contributed by atoms with E-state index in [1.54, 1.807) is 0 Å². The van der Waals surface area contributed by atoms with Crippen LogP contribution in [0.5, 0.6) is 0 Å². The number of halogens is 4. The summed E-state index contributed by atoms with van der Waals surface area (Å²) in [7, 11) is 0. The smallest absolute Gasteiger partial charge is 0.138 e. The van der Waals surface area contributed by atoms with E-state index in [1.807, 2.05) is 121 Å². The van der Waals surface area contributed by atoms with Gasteiger partial charge < -0.3 is 9.97 Å². The number of hydrogen-bond acceptors (Lipinski definition) is 2. The highest BCUT2D eigenvalue weighted by Gasteiger charge is 2.21. The van der Waals surface area contributed by atoms with Crippen molar-refractivity contribution in [2.24, 2.45) is 0 Å². The van der Waals surface area contributed by atoms with Crippen LogP contribution < -0.4 is 0 Å². The number of aromatic nitrogens is 4. The van der Waals surface area contributed by atoms with Crippen LogP contribution in [-0.2, 0) is 0 Å². The molecule has 2 heterocycles. The first-order valence-electron chi connectivity index (χ1n) is 13.8. The summed E-state index contributed by atoms with van der Waals surface area (Å²) in [5.41, 5.74) is 8.14. The van der Waals surface area contributed by atoms with Crippen molar-refractivity contribution in [1.82, 2.24) is 19.9 Å². The minimum Gasteiger partial charge on any atom is -0.337 e. The SMILES string of the molecule is Clc1ccccc1-c1nc(-c2ccc(-c3nc(-c4ccccc4Cl)c(-c4ccccc4Cl)[nH]3)cc2)[nH]c1-c1ccccc1Cl. The lowest BCUT2D eigenvalue weighted by Crippen LogP contribution is -1.85. The van der Waals surface area contributed by atoms with Crippen molar-refractivity contribution in [3.63, 3.8) is 0 Å². The number of nitrogens with one attached hydrogen (secondary N) is 2. The molecule has 0 unspecified atom stereocenters. The predicted molar refractivity (Wildman–Crippen MR) is 183 cm³/mol. The molecule has 4 nitrogen and oxygen atoms in total. The highest BCUT2D eigenvalue weighted by Crippen LogP contribution is 2.41. The molecule has 7 aromatic rings. The number of nitrogens with zero attached hydrogens (tertiary/aromatic N) is 2. The van der Waals surface area contributed by atoms with Gasteiger partial charge in [0.15, 0.2) is 0 Å².